The van der Waals surface area contributed by atoms with Crippen molar-refractivity contribution in [2.75, 3.05) is 0 Å². The van der Waals surface area contributed by atoms with Gasteiger partial charge in [0, 0.05) is 25.4 Å². The third kappa shape index (κ3) is 1.90. The van der Waals surface area contributed by atoms with Crippen molar-refractivity contribution in [2.45, 2.75) is 12.8 Å². The van der Waals surface area contributed by atoms with Crippen LogP contribution in [0.4, 0.5) is 4.39 Å². The predicted octanol–water partition coefficient (Wildman–Crippen LogP) is 2.95. The Balaban J connectivity index is 2.35. The van der Waals surface area contributed by atoms with Crippen molar-refractivity contribution in [3.05, 3.63) is 41.6 Å². The van der Waals surface area contributed by atoms with E-state index in [1.54, 1.807) is 17.7 Å². The zero-order valence-electron chi connectivity index (χ0n) is 10.6. The summed E-state index contributed by atoms with van der Waals surface area (Å²) in [5, 5.41) is 4.35. The molecule has 0 aliphatic rings. The third-order valence-electron chi connectivity index (χ3n) is 3.05. The molecule has 3 rings (SSSR count). The Kier molecular flexibility index (Phi) is 2.78. The number of fused-ring (bicyclic) bond motifs is 1. The normalized spacial score (nSPS) is 11.4. The second-order valence-corrected chi connectivity index (χ2v) is 4.70. The zero-order valence-corrected chi connectivity index (χ0v) is 11.3. The lowest BCUT2D eigenvalue weighted by molar-refractivity contribution is 0.620. The first-order valence-corrected chi connectivity index (χ1v) is 6.37. The van der Waals surface area contributed by atoms with E-state index in [1.165, 1.54) is 6.07 Å². The number of hydrogen-bond donors (Lipinski definition) is 0. The van der Waals surface area contributed by atoms with Gasteiger partial charge in [0.2, 0.25) is 0 Å². The lowest BCUT2D eigenvalue weighted by Gasteiger charge is -2.04. The van der Waals surface area contributed by atoms with Gasteiger partial charge in [0.05, 0.1) is 16.9 Å². The maximum absolute atomic E-state index is 13.6. The van der Waals surface area contributed by atoms with Gasteiger partial charge in [-0.2, -0.15) is 5.10 Å². The first-order chi connectivity index (χ1) is 9.10. The van der Waals surface area contributed by atoms with Crippen LogP contribution in [-0.2, 0) is 12.9 Å². The predicted molar refractivity (Wildman–Crippen MR) is 72.1 cm³/mol. The minimum atomic E-state index is -0.265. The van der Waals surface area contributed by atoms with Crippen LogP contribution >= 0.6 is 11.6 Å². The van der Waals surface area contributed by atoms with Crippen LogP contribution in [0.1, 0.15) is 11.4 Å². The number of hydrogen-bond acceptors (Lipinski definition) is 2. The maximum atomic E-state index is 13.6. The summed E-state index contributed by atoms with van der Waals surface area (Å²) >= 11 is 5.93. The highest BCUT2D eigenvalue weighted by atomic mass is 35.5. The number of aryl methyl sites for hydroxylation is 2. The summed E-state index contributed by atoms with van der Waals surface area (Å²) in [5.41, 5.74) is 1.98. The average Bonchev–Trinajstić information content (AvgIpc) is 2.93. The van der Waals surface area contributed by atoms with E-state index < -0.39 is 0 Å². The molecule has 0 fully saturated rings. The molecule has 19 heavy (non-hydrogen) atoms. The van der Waals surface area contributed by atoms with E-state index >= 15 is 0 Å². The van der Waals surface area contributed by atoms with E-state index in [0.717, 1.165) is 11.3 Å². The molecule has 0 atom stereocenters. The van der Waals surface area contributed by atoms with Gasteiger partial charge < -0.3 is 0 Å². The molecule has 1 aromatic carbocycles. The number of benzene rings is 1. The second-order valence-electron chi connectivity index (χ2n) is 4.43. The minimum absolute atomic E-state index is 0.242. The molecule has 2 heterocycles. The van der Waals surface area contributed by atoms with Crippen LogP contribution in [0, 0.1) is 12.7 Å². The summed E-state index contributed by atoms with van der Waals surface area (Å²) < 4.78 is 17.2. The first kappa shape index (κ1) is 12.2. The van der Waals surface area contributed by atoms with E-state index in [9.17, 15) is 4.39 Å². The van der Waals surface area contributed by atoms with E-state index in [1.807, 2.05) is 23.9 Å². The van der Waals surface area contributed by atoms with Crippen LogP contribution in [0.5, 0.6) is 0 Å². The fourth-order valence-electron chi connectivity index (χ4n) is 2.12. The van der Waals surface area contributed by atoms with Crippen molar-refractivity contribution in [1.82, 2.24) is 19.3 Å². The number of rotatable bonds is 2. The van der Waals surface area contributed by atoms with Crippen LogP contribution in [0.2, 0.25) is 0 Å². The third-order valence-corrected chi connectivity index (χ3v) is 3.29. The van der Waals surface area contributed by atoms with Crippen LogP contribution in [0.3, 0.4) is 0 Å². The summed E-state index contributed by atoms with van der Waals surface area (Å²) in [6, 6.07) is 5.07. The van der Waals surface area contributed by atoms with Gasteiger partial charge in [0.25, 0.3) is 0 Å². The fourth-order valence-corrected chi connectivity index (χ4v) is 2.30. The molecule has 98 valence electrons. The van der Waals surface area contributed by atoms with Gasteiger partial charge in [0.15, 0.2) is 5.82 Å². The Hall–Kier alpha value is -1.88. The van der Waals surface area contributed by atoms with Gasteiger partial charge in [0.1, 0.15) is 11.6 Å². The van der Waals surface area contributed by atoms with Crippen molar-refractivity contribution in [3.8, 4) is 5.82 Å². The number of alkyl halides is 1. The highest BCUT2D eigenvalue weighted by molar-refractivity contribution is 6.17. The first-order valence-electron chi connectivity index (χ1n) is 5.83. The standard InChI is InChI=1S/C13H12ClFN4/c1-8-5-11-10(6-9(8)15)16-13(7-14)19(11)12-3-4-18(2)17-12/h3-6H,7H2,1-2H3. The molecule has 0 saturated carbocycles. The molecular weight excluding hydrogens is 267 g/mol. The SMILES string of the molecule is Cc1cc2c(cc1F)nc(CCl)n2-c1ccn(C)n1. The molecule has 6 heteroatoms. The van der Waals surface area contributed by atoms with Crippen LogP contribution in [0.25, 0.3) is 16.9 Å². The molecule has 0 aliphatic carbocycles. The maximum Gasteiger partial charge on any atom is 0.160 e. The van der Waals surface area contributed by atoms with Gasteiger partial charge in [-0.15, -0.1) is 11.6 Å². The molecular formula is C13H12ClFN4. The largest absolute Gasteiger partial charge is 0.278 e. The molecule has 3 aromatic rings. The second kappa shape index (κ2) is 4.35. The van der Waals surface area contributed by atoms with Gasteiger partial charge in [-0.25, -0.2) is 9.37 Å². The molecule has 0 spiro atoms. The summed E-state index contributed by atoms with van der Waals surface area (Å²) in [5.74, 6) is 1.36. The smallest absolute Gasteiger partial charge is 0.160 e. The molecule has 0 unspecified atom stereocenters. The van der Waals surface area contributed by atoms with Crippen molar-refractivity contribution < 1.29 is 4.39 Å². The van der Waals surface area contributed by atoms with Gasteiger partial charge in [-0.05, 0) is 18.6 Å². The molecule has 0 amide bonds. The minimum Gasteiger partial charge on any atom is -0.278 e. The lowest BCUT2D eigenvalue weighted by Crippen LogP contribution is -2.01. The Morgan fingerprint density at radius 3 is 2.79 bits per heavy atom. The number of nitrogens with zero attached hydrogens (tertiary/aromatic N) is 4. The van der Waals surface area contributed by atoms with E-state index in [2.05, 4.69) is 10.1 Å². The lowest BCUT2D eigenvalue weighted by atomic mass is 10.2. The van der Waals surface area contributed by atoms with E-state index in [4.69, 9.17) is 11.6 Å². The quantitative estimate of drug-likeness (QED) is 0.676. The number of aromatic nitrogens is 4. The molecule has 0 N–H and O–H groups in total. The summed E-state index contributed by atoms with van der Waals surface area (Å²) in [7, 11) is 1.84. The van der Waals surface area contributed by atoms with Crippen LogP contribution in [0.15, 0.2) is 24.4 Å². The Morgan fingerprint density at radius 1 is 1.37 bits per heavy atom. The van der Waals surface area contributed by atoms with Gasteiger partial charge >= 0.3 is 0 Å². The summed E-state index contributed by atoms with van der Waals surface area (Å²) in [4.78, 5) is 4.36. The summed E-state index contributed by atoms with van der Waals surface area (Å²) in [6.07, 6.45) is 1.84. The molecule has 2 aromatic heterocycles. The highest BCUT2D eigenvalue weighted by Crippen LogP contribution is 2.24. The van der Waals surface area contributed by atoms with Gasteiger partial charge in [-0.1, -0.05) is 0 Å². The van der Waals surface area contributed by atoms with Crippen molar-refractivity contribution in [1.29, 1.82) is 0 Å². The molecule has 0 bridgehead atoms. The highest BCUT2D eigenvalue weighted by Gasteiger charge is 2.15. The van der Waals surface area contributed by atoms with E-state index in [-0.39, 0.29) is 11.7 Å². The van der Waals surface area contributed by atoms with Crippen LogP contribution in [-0.4, -0.2) is 19.3 Å². The number of halogens is 2. The molecule has 0 saturated heterocycles. The average molecular weight is 279 g/mol. The van der Waals surface area contributed by atoms with Crippen LogP contribution < -0.4 is 0 Å². The monoisotopic (exact) mass is 278 g/mol. The Bertz CT molecular complexity index is 759. The van der Waals surface area contributed by atoms with E-state index in [0.29, 0.717) is 16.9 Å². The Morgan fingerprint density at radius 2 is 2.16 bits per heavy atom. The summed E-state index contributed by atoms with van der Waals surface area (Å²) in [6.45, 7) is 1.73. The number of imidazole rings is 1. The Labute approximate surface area is 114 Å². The molecule has 4 nitrogen and oxygen atoms in total. The molecule has 0 aliphatic heterocycles. The van der Waals surface area contributed by atoms with Gasteiger partial charge in [-0.3, -0.25) is 9.25 Å². The topological polar surface area (TPSA) is 35.6 Å². The van der Waals surface area contributed by atoms with Crippen molar-refractivity contribution >= 4 is 22.6 Å². The van der Waals surface area contributed by atoms with Crippen molar-refractivity contribution in [2.24, 2.45) is 7.05 Å². The molecule has 0 radical (unpaired) electrons. The zero-order chi connectivity index (χ0) is 13.6. The van der Waals surface area contributed by atoms with Crippen molar-refractivity contribution in [3.63, 3.8) is 0 Å². The fraction of sp³-hybridized carbons (Fsp3) is 0.231.